The summed E-state index contributed by atoms with van der Waals surface area (Å²) in [4.78, 5) is 26.1. The second-order valence-corrected chi connectivity index (χ2v) is 16.1. The SMILES string of the molecule is CC(C)c1sc(Br)nc1-c1ccc(Cl)c(Cl)c1.[C-]#[N+]c1cccnc1N.[C-]#[N+]c1cccnc1Nc1nc(-c2ccc(Cl)c(Cl)c2)c(C(C)C)s1. The molecule has 6 rings (SSSR count). The second-order valence-electron chi connectivity index (χ2n) is 11.1. The molecule has 0 amide bonds. The summed E-state index contributed by atoms with van der Waals surface area (Å²) < 4.78 is 0.891. The topological polar surface area (TPSA) is 98.3 Å². The van der Waals surface area contributed by atoms with Crippen LogP contribution in [-0.2, 0) is 0 Å². The maximum Gasteiger partial charge on any atom is 0.228 e. The van der Waals surface area contributed by atoms with Crippen molar-refractivity contribution in [3.63, 3.8) is 0 Å². The van der Waals surface area contributed by atoms with Gasteiger partial charge in [-0.25, -0.2) is 19.7 Å². The van der Waals surface area contributed by atoms with Crippen molar-refractivity contribution in [1.82, 2.24) is 19.9 Å². The Hall–Kier alpha value is -3.78. The first-order valence-electron chi connectivity index (χ1n) is 15.1. The quantitative estimate of drug-likeness (QED) is 0.162. The van der Waals surface area contributed by atoms with Gasteiger partial charge in [0.25, 0.3) is 0 Å². The van der Waals surface area contributed by atoms with E-state index in [2.05, 4.69) is 73.6 Å². The maximum absolute atomic E-state index is 7.25. The van der Waals surface area contributed by atoms with Gasteiger partial charge in [-0.05, 0) is 52.0 Å². The number of hydrogen-bond acceptors (Lipinski definition) is 8. The van der Waals surface area contributed by atoms with Crippen molar-refractivity contribution >= 4 is 113 Å². The summed E-state index contributed by atoms with van der Waals surface area (Å²) in [5, 5.41) is 5.98. The van der Waals surface area contributed by atoms with Crippen LogP contribution < -0.4 is 11.1 Å². The van der Waals surface area contributed by atoms with E-state index in [-0.39, 0.29) is 0 Å². The smallest absolute Gasteiger partial charge is 0.228 e. The Bertz CT molecular complexity index is 2220. The molecule has 0 saturated carbocycles. The van der Waals surface area contributed by atoms with Gasteiger partial charge < -0.3 is 11.1 Å². The molecule has 0 fully saturated rings. The highest BCUT2D eigenvalue weighted by Gasteiger charge is 2.18. The summed E-state index contributed by atoms with van der Waals surface area (Å²) in [6.07, 6.45) is 3.21. The molecule has 2 aromatic carbocycles. The van der Waals surface area contributed by atoms with Gasteiger partial charge in [0, 0.05) is 33.3 Å². The Morgan fingerprint density at radius 3 is 1.71 bits per heavy atom. The molecule has 0 aliphatic rings. The van der Waals surface area contributed by atoms with Crippen molar-refractivity contribution in [2.24, 2.45) is 0 Å². The lowest BCUT2D eigenvalue weighted by molar-refractivity contribution is 0.888. The predicted octanol–water partition coefficient (Wildman–Crippen LogP) is 14.1. The van der Waals surface area contributed by atoms with Gasteiger partial charge in [-0.1, -0.05) is 110 Å². The molecule has 6 aromatic rings. The molecule has 8 nitrogen and oxygen atoms in total. The molecule has 3 N–H and O–H groups in total. The molecule has 0 radical (unpaired) electrons. The lowest BCUT2D eigenvalue weighted by Crippen LogP contribution is -1.92. The normalized spacial score (nSPS) is 10.5. The van der Waals surface area contributed by atoms with Gasteiger partial charge in [-0.15, -0.1) is 22.7 Å². The number of anilines is 3. The summed E-state index contributed by atoms with van der Waals surface area (Å²) >= 11 is 30.8. The molecule has 0 aliphatic carbocycles. The molecule has 0 unspecified atom stereocenters. The third-order valence-corrected chi connectivity index (χ3v) is 11.3. The van der Waals surface area contributed by atoms with E-state index < -0.39 is 0 Å². The van der Waals surface area contributed by atoms with E-state index in [9.17, 15) is 0 Å². The molecule has 4 heterocycles. The fraction of sp³-hybridized carbons (Fsp3) is 0.167. The van der Waals surface area contributed by atoms with E-state index >= 15 is 0 Å². The number of benzene rings is 2. The Labute approximate surface area is 333 Å². The first kappa shape index (κ1) is 40.0. The number of pyridine rings is 2. The van der Waals surface area contributed by atoms with Crippen LogP contribution in [0.5, 0.6) is 0 Å². The number of nitrogens with one attached hydrogen (secondary N) is 1. The third kappa shape index (κ3) is 10.6. The van der Waals surface area contributed by atoms with E-state index in [1.54, 1.807) is 71.5 Å². The van der Waals surface area contributed by atoms with Crippen molar-refractivity contribution in [3.05, 3.63) is 130 Å². The molecule has 15 heteroatoms. The predicted molar refractivity (Wildman–Crippen MR) is 220 cm³/mol. The average Bonchev–Trinajstić information content (AvgIpc) is 3.72. The molecule has 260 valence electrons. The molecular formula is C36H29BrCl4N8S2. The number of hydrogen-bond donors (Lipinski definition) is 2. The molecular weight excluding hydrogens is 830 g/mol. The zero-order valence-corrected chi connectivity index (χ0v) is 33.8. The first-order chi connectivity index (χ1) is 24.3. The van der Waals surface area contributed by atoms with Gasteiger partial charge >= 0.3 is 0 Å². The largest absolute Gasteiger partial charge is 0.392 e. The second kappa shape index (κ2) is 18.6. The van der Waals surface area contributed by atoms with Crippen molar-refractivity contribution < 1.29 is 0 Å². The van der Waals surface area contributed by atoms with Gasteiger partial charge in [-0.2, -0.15) is 0 Å². The van der Waals surface area contributed by atoms with Gasteiger partial charge in [0.05, 0.1) is 44.6 Å². The van der Waals surface area contributed by atoms with Crippen LogP contribution in [0.3, 0.4) is 0 Å². The van der Waals surface area contributed by atoms with Crippen molar-refractivity contribution in [3.8, 4) is 22.5 Å². The molecule has 51 heavy (non-hydrogen) atoms. The molecule has 0 saturated heterocycles. The molecule has 0 spiro atoms. The highest BCUT2D eigenvalue weighted by atomic mass is 79.9. The minimum absolute atomic E-state index is 0.293. The average molecular weight is 860 g/mol. The van der Waals surface area contributed by atoms with Gasteiger partial charge in [0.1, 0.15) is 11.6 Å². The zero-order chi connectivity index (χ0) is 37.2. The number of nitrogens with zero attached hydrogens (tertiary/aromatic N) is 6. The Morgan fingerprint density at radius 1 is 0.706 bits per heavy atom. The third-order valence-electron chi connectivity index (χ3n) is 6.78. The van der Waals surface area contributed by atoms with E-state index in [1.807, 2.05) is 24.3 Å². The highest BCUT2D eigenvalue weighted by molar-refractivity contribution is 9.11. The number of aromatic nitrogens is 4. The van der Waals surface area contributed by atoms with Gasteiger partial charge in [0.2, 0.25) is 11.4 Å². The van der Waals surface area contributed by atoms with Crippen LogP contribution in [0.15, 0.2) is 77.0 Å². The van der Waals surface area contributed by atoms with Crippen LogP contribution in [0.1, 0.15) is 49.3 Å². The Balaban J connectivity index is 0.000000192. The van der Waals surface area contributed by atoms with Crippen molar-refractivity contribution in [2.75, 3.05) is 11.1 Å². The van der Waals surface area contributed by atoms with Crippen LogP contribution in [0.25, 0.3) is 32.2 Å². The van der Waals surface area contributed by atoms with Crippen LogP contribution >= 0.6 is 85.0 Å². The lowest BCUT2D eigenvalue weighted by atomic mass is 10.1. The fourth-order valence-electron chi connectivity index (χ4n) is 4.36. The van der Waals surface area contributed by atoms with Crippen LogP contribution in [0.4, 0.5) is 28.1 Å². The Kier molecular flexibility index (Phi) is 14.6. The van der Waals surface area contributed by atoms with Crippen molar-refractivity contribution in [2.45, 2.75) is 39.5 Å². The Morgan fingerprint density at radius 2 is 1.22 bits per heavy atom. The fourth-order valence-corrected chi connectivity index (χ4v) is 7.46. The monoisotopic (exact) mass is 856 g/mol. The molecule has 0 atom stereocenters. The zero-order valence-electron chi connectivity index (χ0n) is 27.5. The summed E-state index contributed by atoms with van der Waals surface area (Å²) in [5.41, 5.74) is 9.94. The van der Waals surface area contributed by atoms with Crippen LogP contribution in [-0.4, -0.2) is 19.9 Å². The summed E-state index contributed by atoms with van der Waals surface area (Å²) in [6.45, 7) is 22.4. The van der Waals surface area contributed by atoms with E-state index in [1.165, 1.54) is 4.88 Å². The molecule has 0 aliphatic heterocycles. The van der Waals surface area contributed by atoms with E-state index in [0.29, 0.717) is 60.1 Å². The lowest BCUT2D eigenvalue weighted by Gasteiger charge is -2.06. The summed E-state index contributed by atoms with van der Waals surface area (Å²) in [5.74, 6) is 1.53. The van der Waals surface area contributed by atoms with Gasteiger partial charge in [-0.3, -0.25) is 9.97 Å². The minimum Gasteiger partial charge on any atom is -0.392 e. The number of halogens is 5. The molecule has 4 aromatic heterocycles. The number of nitrogen functional groups attached to an aromatic ring is 1. The standard InChI is InChI=1S/C18H14Cl2N4S.C12H10BrCl2NS.C6H5N3/c1-10(2)16-15(11-6-7-12(19)13(20)9-11)23-18(25-16)24-17-14(21-3)5-4-8-22-17;1-6(2)11-10(16-12(13)17-11)7-3-4-8(14)9(15)5-7;1-8-5-3-2-4-9-6(5)7/h4-10H,1-2H3,(H,22,23,24);3-6H,1-2H3;2-4H,(H2,7,9). The highest BCUT2D eigenvalue weighted by Crippen LogP contribution is 2.40. The number of rotatable bonds is 6. The summed E-state index contributed by atoms with van der Waals surface area (Å²) in [7, 11) is 0. The van der Waals surface area contributed by atoms with Gasteiger partial charge in [0.15, 0.2) is 9.05 Å². The van der Waals surface area contributed by atoms with Crippen LogP contribution in [0, 0.1) is 13.1 Å². The maximum atomic E-state index is 7.25. The summed E-state index contributed by atoms with van der Waals surface area (Å²) in [6, 6.07) is 17.9. The van der Waals surface area contributed by atoms with E-state index in [0.717, 1.165) is 31.3 Å². The molecule has 0 bridgehead atoms. The minimum atomic E-state index is 0.293. The van der Waals surface area contributed by atoms with E-state index in [4.69, 9.17) is 70.3 Å². The van der Waals surface area contributed by atoms with Crippen molar-refractivity contribution in [1.29, 1.82) is 0 Å². The first-order valence-corrected chi connectivity index (χ1v) is 19.0. The number of thiazole rings is 2. The number of nitrogens with two attached hydrogens (primary N) is 1. The van der Waals surface area contributed by atoms with Crippen LogP contribution in [0.2, 0.25) is 20.1 Å².